The molecule has 2 heterocycles. The Morgan fingerprint density at radius 2 is 1.94 bits per heavy atom. The van der Waals surface area contributed by atoms with Crippen LogP contribution in [0.15, 0.2) is 0 Å². The van der Waals surface area contributed by atoms with Crippen molar-refractivity contribution in [3.8, 4) is 11.8 Å². The summed E-state index contributed by atoms with van der Waals surface area (Å²) in [5.41, 5.74) is 0. The topological polar surface area (TPSA) is 15.3 Å². The fourth-order valence-electron chi connectivity index (χ4n) is 3.67. The molecule has 2 unspecified atom stereocenters. The van der Waals surface area contributed by atoms with Gasteiger partial charge in [0.1, 0.15) is 0 Å². The minimum Gasteiger partial charge on any atom is -0.314 e. The van der Waals surface area contributed by atoms with Gasteiger partial charge in [-0.2, -0.15) is 0 Å². The average Bonchev–Trinajstić information content (AvgIpc) is 2.36. The molecule has 2 rings (SSSR count). The van der Waals surface area contributed by atoms with Crippen LogP contribution in [-0.4, -0.2) is 36.1 Å². The molecule has 0 spiro atoms. The van der Waals surface area contributed by atoms with Gasteiger partial charge in [0.05, 0.1) is 0 Å². The summed E-state index contributed by atoms with van der Waals surface area (Å²) in [5.74, 6) is 6.24. The Morgan fingerprint density at radius 1 is 1.22 bits per heavy atom. The van der Waals surface area contributed by atoms with Crippen molar-refractivity contribution in [3.63, 3.8) is 0 Å². The number of hydrogen-bond donors (Lipinski definition) is 1. The molecule has 2 nitrogen and oxygen atoms in total. The Morgan fingerprint density at radius 3 is 2.56 bits per heavy atom. The maximum Gasteiger partial charge on any atom is 0.0217 e. The van der Waals surface area contributed by atoms with Crippen LogP contribution in [-0.2, 0) is 0 Å². The van der Waals surface area contributed by atoms with E-state index >= 15 is 0 Å². The van der Waals surface area contributed by atoms with Gasteiger partial charge >= 0.3 is 0 Å². The van der Waals surface area contributed by atoms with Crippen LogP contribution < -0.4 is 5.32 Å². The standard InChI is InChI=1S/C16H28N2/c1-3-5-6-11-18-15-8-7-9-16(18)13-14(12-15)17-10-4-2/h14-17H,4,6-13H2,1-2H3. The summed E-state index contributed by atoms with van der Waals surface area (Å²) in [6.45, 7) is 6.58. The predicted octanol–water partition coefficient (Wildman–Crippen LogP) is 2.78. The summed E-state index contributed by atoms with van der Waals surface area (Å²) in [5, 5.41) is 3.73. The molecule has 1 N–H and O–H groups in total. The van der Waals surface area contributed by atoms with Crippen molar-refractivity contribution < 1.29 is 0 Å². The predicted molar refractivity (Wildman–Crippen MR) is 77.5 cm³/mol. The van der Waals surface area contributed by atoms with Gasteiger partial charge in [0.2, 0.25) is 0 Å². The summed E-state index contributed by atoms with van der Waals surface area (Å²) >= 11 is 0. The van der Waals surface area contributed by atoms with E-state index in [1.165, 1.54) is 51.6 Å². The normalized spacial score (nSPS) is 31.8. The molecule has 2 fully saturated rings. The highest BCUT2D eigenvalue weighted by Gasteiger charge is 2.37. The first kappa shape index (κ1) is 13.9. The third-order valence-corrected chi connectivity index (χ3v) is 4.48. The van der Waals surface area contributed by atoms with Crippen LogP contribution >= 0.6 is 0 Å². The van der Waals surface area contributed by atoms with Gasteiger partial charge in [-0.25, -0.2) is 0 Å². The van der Waals surface area contributed by atoms with Crippen LogP contribution in [0.1, 0.15) is 58.8 Å². The van der Waals surface area contributed by atoms with Crippen LogP contribution in [0.5, 0.6) is 0 Å². The number of hydrogen-bond acceptors (Lipinski definition) is 2. The van der Waals surface area contributed by atoms with Gasteiger partial charge in [0.25, 0.3) is 0 Å². The summed E-state index contributed by atoms with van der Waals surface area (Å²) in [6, 6.07) is 2.42. The molecular weight excluding hydrogens is 220 g/mol. The molecule has 18 heavy (non-hydrogen) atoms. The van der Waals surface area contributed by atoms with E-state index in [0.717, 1.165) is 24.5 Å². The van der Waals surface area contributed by atoms with Crippen LogP contribution in [0.3, 0.4) is 0 Å². The molecule has 0 amide bonds. The van der Waals surface area contributed by atoms with Crippen molar-refractivity contribution in [2.45, 2.75) is 76.9 Å². The molecule has 0 aromatic heterocycles. The zero-order chi connectivity index (χ0) is 12.8. The Bertz CT molecular complexity index is 288. The summed E-state index contributed by atoms with van der Waals surface area (Å²) in [4.78, 5) is 2.76. The fourth-order valence-corrected chi connectivity index (χ4v) is 3.67. The van der Waals surface area contributed by atoms with Gasteiger partial charge in [-0.3, -0.25) is 4.90 Å². The second kappa shape index (κ2) is 7.16. The SMILES string of the molecule is CC#CCCN1C2CCCC1CC(NCCC)C2. The molecule has 0 aliphatic carbocycles. The lowest BCUT2D eigenvalue weighted by molar-refractivity contribution is 0.0266. The first-order chi connectivity index (χ1) is 8.85. The van der Waals surface area contributed by atoms with Gasteiger partial charge in [0.15, 0.2) is 0 Å². The maximum atomic E-state index is 3.73. The smallest absolute Gasteiger partial charge is 0.0217 e. The number of piperidine rings is 2. The van der Waals surface area contributed by atoms with Crippen molar-refractivity contribution >= 4 is 0 Å². The van der Waals surface area contributed by atoms with Crippen molar-refractivity contribution in [2.24, 2.45) is 0 Å². The van der Waals surface area contributed by atoms with Crippen LogP contribution in [0, 0.1) is 11.8 Å². The van der Waals surface area contributed by atoms with Gasteiger partial charge in [-0.05, 0) is 45.6 Å². The van der Waals surface area contributed by atoms with Crippen molar-refractivity contribution in [2.75, 3.05) is 13.1 Å². The van der Waals surface area contributed by atoms with Gasteiger partial charge in [-0.1, -0.05) is 13.3 Å². The molecule has 2 aliphatic rings. The molecule has 0 saturated carbocycles. The van der Waals surface area contributed by atoms with Crippen LogP contribution in [0.2, 0.25) is 0 Å². The molecule has 2 bridgehead atoms. The van der Waals surface area contributed by atoms with E-state index in [4.69, 9.17) is 0 Å². The first-order valence-corrected chi connectivity index (χ1v) is 7.74. The highest BCUT2D eigenvalue weighted by Crippen LogP contribution is 2.33. The maximum absolute atomic E-state index is 3.73. The van der Waals surface area contributed by atoms with Crippen molar-refractivity contribution in [1.82, 2.24) is 10.2 Å². The lowest BCUT2D eigenvalue weighted by atomic mass is 9.81. The summed E-state index contributed by atoms with van der Waals surface area (Å²) in [6.07, 6.45) is 9.26. The summed E-state index contributed by atoms with van der Waals surface area (Å²) < 4.78 is 0. The van der Waals surface area contributed by atoms with Crippen molar-refractivity contribution in [3.05, 3.63) is 0 Å². The third-order valence-electron chi connectivity index (χ3n) is 4.48. The molecule has 0 radical (unpaired) electrons. The Kier molecular flexibility index (Phi) is 5.53. The Balaban J connectivity index is 1.87. The monoisotopic (exact) mass is 248 g/mol. The number of nitrogens with one attached hydrogen (secondary N) is 1. The van der Waals surface area contributed by atoms with E-state index in [0.29, 0.717) is 0 Å². The van der Waals surface area contributed by atoms with Gasteiger partial charge in [0, 0.05) is 31.1 Å². The quantitative estimate of drug-likeness (QED) is 0.753. The molecule has 2 aliphatic heterocycles. The molecule has 2 heteroatoms. The zero-order valence-electron chi connectivity index (χ0n) is 12.0. The van der Waals surface area contributed by atoms with Crippen LogP contribution in [0.25, 0.3) is 0 Å². The Labute approximate surface area is 113 Å². The lowest BCUT2D eigenvalue weighted by Gasteiger charge is -2.49. The van der Waals surface area contributed by atoms with E-state index in [9.17, 15) is 0 Å². The van der Waals surface area contributed by atoms with E-state index in [-0.39, 0.29) is 0 Å². The minimum atomic E-state index is 0.772. The van der Waals surface area contributed by atoms with Crippen LogP contribution in [0.4, 0.5) is 0 Å². The molecular formula is C16H28N2. The number of nitrogens with zero attached hydrogens (tertiary/aromatic N) is 1. The van der Waals surface area contributed by atoms with Gasteiger partial charge in [-0.15, -0.1) is 11.8 Å². The largest absolute Gasteiger partial charge is 0.314 e. The molecule has 2 saturated heterocycles. The minimum absolute atomic E-state index is 0.772. The molecule has 0 aromatic rings. The lowest BCUT2D eigenvalue weighted by Crippen LogP contribution is -2.56. The average molecular weight is 248 g/mol. The Hall–Kier alpha value is -0.520. The number of rotatable bonds is 5. The highest BCUT2D eigenvalue weighted by molar-refractivity contribution is 4.99. The summed E-state index contributed by atoms with van der Waals surface area (Å²) in [7, 11) is 0. The van der Waals surface area contributed by atoms with E-state index in [1.807, 2.05) is 6.92 Å². The first-order valence-electron chi connectivity index (χ1n) is 7.74. The van der Waals surface area contributed by atoms with E-state index in [2.05, 4.69) is 29.0 Å². The fraction of sp³-hybridized carbons (Fsp3) is 0.875. The van der Waals surface area contributed by atoms with Gasteiger partial charge < -0.3 is 5.32 Å². The highest BCUT2D eigenvalue weighted by atomic mass is 15.2. The molecule has 102 valence electrons. The molecule has 2 atom stereocenters. The second-order valence-corrected chi connectivity index (χ2v) is 5.78. The van der Waals surface area contributed by atoms with Crippen molar-refractivity contribution in [1.29, 1.82) is 0 Å². The zero-order valence-corrected chi connectivity index (χ0v) is 12.0. The van der Waals surface area contributed by atoms with E-state index in [1.54, 1.807) is 0 Å². The number of fused-ring (bicyclic) bond motifs is 2. The second-order valence-electron chi connectivity index (χ2n) is 5.78. The van der Waals surface area contributed by atoms with E-state index < -0.39 is 0 Å². The third kappa shape index (κ3) is 3.49. The molecule has 0 aromatic carbocycles.